The molecule has 92 valence electrons. The van der Waals surface area contributed by atoms with Crippen LogP contribution in [0.2, 0.25) is 0 Å². The van der Waals surface area contributed by atoms with E-state index in [-0.39, 0.29) is 12.6 Å². The Bertz CT molecular complexity index is 220. The van der Waals surface area contributed by atoms with Gasteiger partial charge in [-0.15, -0.1) is 6.42 Å². The normalized spacial score (nSPS) is 20.6. The molecule has 0 aromatic rings. The standard InChI is InChI=1S/C12H22N2O2/c1-3-5-13-6-8-14(9-7-13)12(10-15)11-16-4-2/h1,12,15H,4-11H2,2H3. The van der Waals surface area contributed by atoms with Gasteiger partial charge in [0.1, 0.15) is 0 Å². The Kier molecular flexibility index (Phi) is 6.43. The van der Waals surface area contributed by atoms with Gasteiger partial charge in [0.25, 0.3) is 0 Å². The summed E-state index contributed by atoms with van der Waals surface area (Å²) in [6, 6.07) is 0.132. The highest BCUT2D eigenvalue weighted by Gasteiger charge is 2.22. The maximum atomic E-state index is 9.31. The molecular weight excluding hydrogens is 204 g/mol. The van der Waals surface area contributed by atoms with Crippen LogP contribution in [0.4, 0.5) is 0 Å². The van der Waals surface area contributed by atoms with Crippen molar-refractivity contribution in [2.24, 2.45) is 0 Å². The molecule has 16 heavy (non-hydrogen) atoms. The number of aliphatic hydroxyl groups excluding tert-OH is 1. The van der Waals surface area contributed by atoms with E-state index in [9.17, 15) is 5.11 Å². The molecule has 1 unspecified atom stereocenters. The fourth-order valence-corrected chi connectivity index (χ4v) is 1.94. The van der Waals surface area contributed by atoms with Crippen LogP contribution >= 0.6 is 0 Å². The molecule has 1 aliphatic heterocycles. The highest BCUT2D eigenvalue weighted by molar-refractivity contribution is 4.90. The summed E-state index contributed by atoms with van der Waals surface area (Å²) in [4.78, 5) is 4.54. The fourth-order valence-electron chi connectivity index (χ4n) is 1.94. The molecule has 0 aromatic carbocycles. The third-order valence-corrected chi connectivity index (χ3v) is 2.96. The van der Waals surface area contributed by atoms with Gasteiger partial charge in [0.2, 0.25) is 0 Å². The third kappa shape index (κ3) is 4.11. The van der Waals surface area contributed by atoms with Gasteiger partial charge in [-0.3, -0.25) is 9.80 Å². The molecule has 1 heterocycles. The first-order valence-corrected chi connectivity index (χ1v) is 5.90. The molecule has 4 nitrogen and oxygen atoms in total. The summed E-state index contributed by atoms with van der Waals surface area (Å²) in [6.45, 7) is 8.05. The molecule has 1 rings (SSSR count). The van der Waals surface area contributed by atoms with Gasteiger partial charge in [-0.05, 0) is 6.92 Å². The average Bonchev–Trinajstić information content (AvgIpc) is 2.32. The summed E-state index contributed by atoms with van der Waals surface area (Å²) in [6.07, 6.45) is 5.28. The minimum atomic E-state index is 0.132. The number of ether oxygens (including phenoxy) is 1. The van der Waals surface area contributed by atoms with Gasteiger partial charge in [-0.2, -0.15) is 0 Å². The molecule has 0 amide bonds. The van der Waals surface area contributed by atoms with E-state index in [1.54, 1.807) is 0 Å². The first kappa shape index (κ1) is 13.5. The van der Waals surface area contributed by atoms with Gasteiger partial charge < -0.3 is 9.84 Å². The highest BCUT2D eigenvalue weighted by atomic mass is 16.5. The Morgan fingerprint density at radius 1 is 1.38 bits per heavy atom. The SMILES string of the molecule is C#CCN1CCN(C(CO)COCC)CC1. The van der Waals surface area contributed by atoms with Gasteiger partial charge in [-0.1, -0.05) is 5.92 Å². The zero-order valence-electron chi connectivity index (χ0n) is 10.1. The molecule has 1 N–H and O–H groups in total. The molecule has 1 fully saturated rings. The van der Waals surface area contributed by atoms with Gasteiger partial charge >= 0.3 is 0 Å². The number of aliphatic hydroxyl groups is 1. The fraction of sp³-hybridized carbons (Fsp3) is 0.833. The molecule has 0 radical (unpaired) electrons. The lowest BCUT2D eigenvalue weighted by Crippen LogP contribution is -2.52. The molecule has 1 saturated heterocycles. The van der Waals surface area contributed by atoms with Gasteiger partial charge in [0.05, 0.1) is 25.8 Å². The summed E-state index contributed by atoms with van der Waals surface area (Å²) in [5, 5.41) is 9.31. The van der Waals surface area contributed by atoms with Gasteiger partial charge in [0.15, 0.2) is 0 Å². The number of rotatable bonds is 6. The predicted molar refractivity (Wildman–Crippen MR) is 64.2 cm³/mol. The second-order valence-corrected chi connectivity index (χ2v) is 4.01. The van der Waals surface area contributed by atoms with E-state index in [2.05, 4.69) is 15.7 Å². The van der Waals surface area contributed by atoms with Crippen LogP contribution in [0.3, 0.4) is 0 Å². The van der Waals surface area contributed by atoms with Crippen molar-refractivity contribution >= 4 is 0 Å². The molecule has 1 atom stereocenters. The van der Waals surface area contributed by atoms with Crippen LogP contribution in [-0.4, -0.2) is 73.5 Å². The maximum absolute atomic E-state index is 9.31. The van der Waals surface area contributed by atoms with E-state index in [1.807, 2.05) is 6.92 Å². The van der Waals surface area contributed by atoms with Crippen LogP contribution in [0.25, 0.3) is 0 Å². The molecule has 0 aliphatic carbocycles. The van der Waals surface area contributed by atoms with Crippen LogP contribution in [0.15, 0.2) is 0 Å². The van der Waals surface area contributed by atoms with Crippen LogP contribution < -0.4 is 0 Å². The van der Waals surface area contributed by atoms with Gasteiger partial charge in [-0.25, -0.2) is 0 Å². The third-order valence-electron chi connectivity index (χ3n) is 2.96. The molecule has 0 spiro atoms. The first-order valence-electron chi connectivity index (χ1n) is 5.90. The van der Waals surface area contributed by atoms with Crippen LogP contribution in [0, 0.1) is 12.3 Å². The highest BCUT2D eigenvalue weighted by Crippen LogP contribution is 2.06. The first-order chi connectivity index (χ1) is 7.81. The predicted octanol–water partition coefficient (Wildman–Crippen LogP) is -0.365. The van der Waals surface area contributed by atoms with E-state index in [1.165, 1.54) is 0 Å². The van der Waals surface area contributed by atoms with Gasteiger partial charge in [0, 0.05) is 32.8 Å². The lowest BCUT2D eigenvalue weighted by atomic mass is 10.2. The van der Waals surface area contributed by atoms with Crippen molar-refractivity contribution in [3.8, 4) is 12.3 Å². The van der Waals surface area contributed by atoms with Crippen molar-refractivity contribution in [2.75, 3.05) is 52.5 Å². The Morgan fingerprint density at radius 3 is 2.56 bits per heavy atom. The Balaban J connectivity index is 2.30. The number of nitrogens with zero attached hydrogens (tertiary/aromatic N) is 2. The summed E-state index contributed by atoms with van der Waals surface area (Å²) < 4.78 is 5.37. The lowest BCUT2D eigenvalue weighted by molar-refractivity contribution is 0.0134. The monoisotopic (exact) mass is 226 g/mol. The molecular formula is C12H22N2O2. The summed E-state index contributed by atoms with van der Waals surface area (Å²) >= 11 is 0. The molecule has 0 bridgehead atoms. The Morgan fingerprint density at radius 2 is 2.06 bits per heavy atom. The Hall–Kier alpha value is -0.600. The zero-order chi connectivity index (χ0) is 11.8. The van der Waals surface area contributed by atoms with E-state index in [0.717, 1.165) is 32.7 Å². The van der Waals surface area contributed by atoms with E-state index in [4.69, 9.17) is 11.2 Å². The van der Waals surface area contributed by atoms with E-state index in [0.29, 0.717) is 13.2 Å². The molecule has 4 heteroatoms. The average molecular weight is 226 g/mol. The minimum Gasteiger partial charge on any atom is -0.395 e. The second kappa shape index (κ2) is 7.64. The number of hydrogen-bond acceptors (Lipinski definition) is 4. The van der Waals surface area contributed by atoms with E-state index < -0.39 is 0 Å². The zero-order valence-corrected chi connectivity index (χ0v) is 10.1. The number of terminal acetylenes is 1. The van der Waals surface area contributed by atoms with Crippen molar-refractivity contribution in [1.29, 1.82) is 0 Å². The molecule has 0 aromatic heterocycles. The summed E-state index contributed by atoms with van der Waals surface area (Å²) in [5.41, 5.74) is 0. The summed E-state index contributed by atoms with van der Waals surface area (Å²) in [7, 11) is 0. The van der Waals surface area contributed by atoms with Crippen molar-refractivity contribution < 1.29 is 9.84 Å². The lowest BCUT2D eigenvalue weighted by Gasteiger charge is -2.37. The van der Waals surface area contributed by atoms with Crippen LogP contribution in [0.1, 0.15) is 6.92 Å². The number of piperazine rings is 1. The maximum Gasteiger partial charge on any atom is 0.0644 e. The minimum absolute atomic E-state index is 0.132. The summed E-state index contributed by atoms with van der Waals surface area (Å²) in [5.74, 6) is 2.66. The van der Waals surface area contributed by atoms with Crippen molar-refractivity contribution in [2.45, 2.75) is 13.0 Å². The smallest absolute Gasteiger partial charge is 0.0644 e. The Labute approximate surface area is 98.2 Å². The van der Waals surface area contributed by atoms with Crippen molar-refractivity contribution in [3.05, 3.63) is 0 Å². The molecule has 0 saturated carbocycles. The second-order valence-electron chi connectivity index (χ2n) is 4.01. The van der Waals surface area contributed by atoms with E-state index >= 15 is 0 Å². The largest absolute Gasteiger partial charge is 0.395 e. The van der Waals surface area contributed by atoms with Crippen LogP contribution in [-0.2, 0) is 4.74 Å². The quantitative estimate of drug-likeness (QED) is 0.627. The number of hydrogen-bond donors (Lipinski definition) is 1. The van der Waals surface area contributed by atoms with Crippen molar-refractivity contribution in [1.82, 2.24) is 9.80 Å². The topological polar surface area (TPSA) is 35.9 Å². The van der Waals surface area contributed by atoms with Crippen LogP contribution in [0.5, 0.6) is 0 Å². The van der Waals surface area contributed by atoms with Crippen molar-refractivity contribution in [3.63, 3.8) is 0 Å². The molecule has 1 aliphatic rings.